The van der Waals surface area contributed by atoms with Crippen LogP contribution >= 0.6 is 0 Å². The summed E-state index contributed by atoms with van der Waals surface area (Å²) >= 11 is 0. The zero-order chi connectivity index (χ0) is 23.8. The van der Waals surface area contributed by atoms with E-state index in [4.69, 9.17) is 0 Å². The first-order valence-electron chi connectivity index (χ1n) is 12.9. The van der Waals surface area contributed by atoms with E-state index in [-0.39, 0.29) is 17.5 Å². The van der Waals surface area contributed by atoms with Gasteiger partial charge in [-0.25, -0.2) is 5.43 Å². The van der Waals surface area contributed by atoms with Crippen molar-refractivity contribution in [3.05, 3.63) is 35.9 Å². The lowest BCUT2D eigenvalue weighted by molar-refractivity contribution is -0.127. The predicted octanol–water partition coefficient (Wildman–Crippen LogP) is 2.83. The number of rotatable bonds is 2. The standard InChI is InChI=1S/C26H32N8O/c27-18-32-13-14-33-15-16-34(25(35)22(33)17-32)23-10-9-21(28-29-23)19-7-6-8-20-24(19)30-31-26(20)11-4-2-1-3-5-12-26/h6-10,22,30-31H,1-5,11-17H2/t22-/m1/s1. The molecule has 3 aliphatic heterocycles. The molecule has 1 aliphatic carbocycles. The average Bonchev–Trinajstić information content (AvgIpc) is 3.26. The molecule has 2 N–H and O–H groups in total. The van der Waals surface area contributed by atoms with Crippen molar-refractivity contribution in [1.82, 2.24) is 25.4 Å². The van der Waals surface area contributed by atoms with Gasteiger partial charge in [-0.2, -0.15) is 5.26 Å². The van der Waals surface area contributed by atoms with Gasteiger partial charge < -0.3 is 10.3 Å². The third kappa shape index (κ3) is 3.91. The van der Waals surface area contributed by atoms with Crippen molar-refractivity contribution in [2.45, 2.75) is 56.5 Å². The molecule has 1 atom stereocenters. The fraction of sp³-hybridized carbons (Fsp3) is 0.538. The van der Waals surface area contributed by atoms with Gasteiger partial charge in [0.15, 0.2) is 12.0 Å². The Morgan fingerprint density at radius 2 is 1.77 bits per heavy atom. The maximum atomic E-state index is 13.2. The first kappa shape index (κ1) is 22.3. The average molecular weight is 473 g/mol. The Morgan fingerprint density at radius 1 is 0.971 bits per heavy atom. The van der Waals surface area contributed by atoms with Gasteiger partial charge in [0, 0.05) is 31.7 Å². The molecule has 1 saturated carbocycles. The summed E-state index contributed by atoms with van der Waals surface area (Å²) in [5.41, 5.74) is 11.4. The van der Waals surface area contributed by atoms with E-state index >= 15 is 0 Å². The highest BCUT2D eigenvalue weighted by molar-refractivity contribution is 5.97. The number of anilines is 2. The molecule has 0 bridgehead atoms. The van der Waals surface area contributed by atoms with Crippen molar-refractivity contribution in [2.75, 3.05) is 43.0 Å². The molecule has 9 heteroatoms. The summed E-state index contributed by atoms with van der Waals surface area (Å²) < 4.78 is 0. The minimum atomic E-state index is -0.300. The zero-order valence-electron chi connectivity index (χ0n) is 20.0. The van der Waals surface area contributed by atoms with E-state index in [9.17, 15) is 10.1 Å². The van der Waals surface area contributed by atoms with Crippen LogP contribution in [0.4, 0.5) is 11.5 Å². The van der Waals surface area contributed by atoms with Crippen LogP contribution < -0.4 is 15.8 Å². The van der Waals surface area contributed by atoms with Crippen LogP contribution in [0.5, 0.6) is 0 Å². The van der Waals surface area contributed by atoms with Crippen LogP contribution in [0.3, 0.4) is 0 Å². The largest absolute Gasteiger partial charge is 0.320 e. The highest BCUT2D eigenvalue weighted by atomic mass is 16.2. The minimum absolute atomic E-state index is 0.00376. The first-order valence-corrected chi connectivity index (χ1v) is 12.9. The van der Waals surface area contributed by atoms with Gasteiger partial charge in [-0.1, -0.05) is 50.3 Å². The molecule has 182 valence electrons. The Bertz CT molecular complexity index is 1140. The van der Waals surface area contributed by atoms with E-state index in [1.807, 2.05) is 12.1 Å². The molecular formula is C26H32N8O. The van der Waals surface area contributed by atoms with Gasteiger partial charge >= 0.3 is 0 Å². The number of nitrogens with zero attached hydrogens (tertiary/aromatic N) is 6. The second-order valence-electron chi connectivity index (χ2n) is 10.2. The maximum Gasteiger partial charge on any atom is 0.247 e. The molecule has 1 spiro atoms. The Balaban J connectivity index is 1.24. The Hall–Kier alpha value is -3.22. The zero-order valence-corrected chi connectivity index (χ0v) is 20.0. The second-order valence-corrected chi connectivity index (χ2v) is 10.2. The topological polar surface area (TPSA) is 100 Å². The summed E-state index contributed by atoms with van der Waals surface area (Å²) in [6.45, 7) is 3.23. The molecular weight excluding hydrogens is 440 g/mol. The monoisotopic (exact) mass is 472 g/mol. The molecule has 4 heterocycles. The molecule has 1 amide bonds. The summed E-state index contributed by atoms with van der Waals surface area (Å²) in [5.74, 6) is 0.568. The molecule has 1 aromatic heterocycles. The molecule has 1 aromatic carbocycles. The van der Waals surface area contributed by atoms with Crippen LogP contribution in [0, 0.1) is 11.5 Å². The van der Waals surface area contributed by atoms with Crippen molar-refractivity contribution in [3.8, 4) is 17.5 Å². The van der Waals surface area contributed by atoms with Gasteiger partial charge in [0.1, 0.15) is 6.04 Å². The number of amides is 1. The molecule has 2 saturated heterocycles. The van der Waals surface area contributed by atoms with Crippen molar-refractivity contribution >= 4 is 17.4 Å². The van der Waals surface area contributed by atoms with E-state index in [1.54, 1.807) is 9.80 Å². The number of carbonyl (C=O) groups excluding carboxylic acids is 1. The summed E-state index contributed by atoms with van der Waals surface area (Å²) in [6.07, 6.45) is 10.9. The molecule has 2 aromatic rings. The number of fused-ring (bicyclic) bond motifs is 3. The lowest BCUT2D eigenvalue weighted by atomic mass is 9.79. The van der Waals surface area contributed by atoms with Gasteiger partial charge in [-0.05, 0) is 30.5 Å². The fourth-order valence-electron chi connectivity index (χ4n) is 6.22. The Morgan fingerprint density at radius 3 is 2.54 bits per heavy atom. The predicted molar refractivity (Wildman–Crippen MR) is 133 cm³/mol. The van der Waals surface area contributed by atoms with Crippen molar-refractivity contribution in [3.63, 3.8) is 0 Å². The van der Waals surface area contributed by atoms with E-state index in [2.05, 4.69) is 50.3 Å². The summed E-state index contributed by atoms with van der Waals surface area (Å²) in [5, 5.41) is 18.3. The van der Waals surface area contributed by atoms with Crippen molar-refractivity contribution in [2.24, 2.45) is 0 Å². The van der Waals surface area contributed by atoms with Crippen LogP contribution in [-0.4, -0.2) is 64.7 Å². The first-order chi connectivity index (χ1) is 17.2. The highest BCUT2D eigenvalue weighted by Gasteiger charge is 2.41. The molecule has 3 fully saturated rings. The number of para-hydroxylation sites is 1. The van der Waals surface area contributed by atoms with Crippen molar-refractivity contribution < 1.29 is 4.79 Å². The molecule has 35 heavy (non-hydrogen) atoms. The van der Waals surface area contributed by atoms with E-state index < -0.39 is 0 Å². The third-order valence-electron chi connectivity index (χ3n) is 8.21. The van der Waals surface area contributed by atoms with Gasteiger partial charge in [-0.15, -0.1) is 10.2 Å². The highest BCUT2D eigenvalue weighted by Crippen LogP contribution is 2.45. The van der Waals surface area contributed by atoms with E-state index in [0.717, 1.165) is 42.9 Å². The van der Waals surface area contributed by atoms with Gasteiger partial charge in [0.2, 0.25) is 5.91 Å². The van der Waals surface area contributed by atoms with Gasteiger partial charge in [-0.3, -0.25) is 14.6 Å². The van der Waals surface area contributed by atoms with E-state index in [0.29, 0.717) is 25.5 Å². The smallest absolute Gasteiger partial charge is 0.247 e. The van der Waals surface area contributed by atoms with Crippen LogP contribution in [0.1, 0.15) is 50.5 Å². The number of nitriles is 1. The quantitative estimate of drug-likeness (QED) is 0.644. The summed E-state index contributed by atoms with van der Waals surface area (Å²) in [6, 6.07) is 10.0. The fourth-order valence-corrected chi connectivity index (χ4v) is 6.22. The number of aromatic nitrogens is 2. The van der Waals surface area contributed by atoms with Crippen molar-refractivity contribution in [1.29, 1.82) is 5.26 Å². The number of hydrazine groups is 1. The van der Waals surface area contributed by atoms with Crippen LogP contribution in [0.25, 0.3) is 11.3 Å². The third-order valence-corrected chi connectivity index (χ3v) is 8.21. The molecule has 4 aliphatic rings. The number of benzene rings is 1. The lowest BCUT2D eigenvalue weighted by Gasteiger charge is -2.44. The normalized spacial score (nSPS) is 24.2. The molecule has 0 unspecified atom stereocenters. The number of hydrogen-bond acceptors (Lipinski definition) is 8. The number of piperazine rings is 2. The number of carbonyl (C=O) groups is 1. The van der Waals surface area contributed by atoms with Crippen LogP contribution in [0.15, 0.2) is 30.3 Å². The van der Waals surface area contributed by atoms with Gasteiger partial charge in [0.25, 0.3) is 0 Å². The SMILES string of the molecule is N#CN1CCN2CCN(c3ccc(-c4cccc5c4NNC54CCCCCCC4)nn3)C(=O)[C@H]2C1. The Kier molecular flexibility index (Phi) is 5.78. The molecule has 6 rings (SSSR count). The number of hydrogen-bond donors (Lipinski definition) is 2. The maximum absolute atomic E-state index is 13.2. The molecule has 9 nitrogen and oxygen atoms in total. The Labute approximate surface area is 206 Å². The summed E-state index contributed by atoms with van der Waals surface area (Å²) in [4.78, 5) is 18.8. The second kappa shape index (κ2) is 9.10. The van der Waals surface area contributed by atoms with E-state index in [1.165, 1.54) is 37.7 Å². The molecule has 0 radical (unpaired) electrons. The minimum Gasteiger partial charge on any atom is -0.320 e. The van der Waals surface area contributed by atoms with Crippen LogP contribution in [0.2, 0.25) is 0 Å². The van der Waals surface area contributed by atoms with Gasteiger partial charge in [0.05, 0.1) is 23.5 Å². The number of nitrogens with one attached hydrogen (secondary N) is 2. The van der Waals surface area contributed by atoms with Crippen LogP contribution in [-0.2, 0) is 10.3 Å². The summed E-state index contributed by atoms with van der Waals surface area (Å²) in [7, 11) is 0. The lowest BCUT2D eigenvalue weighted by Crippen LogP contribution is -2.64.